The van der Waals surface area contributed by atoms with E-state index in [9.17, 15) is 4.79 Å². The highest BCUT2D eigenvalue weighted by Crippen LogP contribution is 2.26. The zero-order chi connectivity index (χ0) is 20.9. The second kappa shape index (κ2) is 9.26. The first-order chi connectivity index (χ1) is 14.7. The van der Waals surface area contributed by atoms with E-state index in [4.69, 9.17) is 0 Å². The monoisotopic (exact) mass is 419 g/mol. The zero-order valence-electron chi connectivity index (χ0n) is 17.2. The van der Waals surface area contributed by atoms with Crippen molar-refractivity contribution >= 4 is 39.7 Å². The summed E-state index contributed by atoms with van der Waals surface area (Å²) in [6.45, 7) is 4.92. The molecule has 0 aliphatic carbocycles. The van der Waals surface area contributed by atoms with Gasteiger partial charge in [0.15, 0.2) is 5.65 Å². The predicted octanol–water partition coefficient (Wildman–Crippen LogP) is 4.23. The summed E-state index contributed by atoms with van der Waals surface area (Å²) in [5.41, 5.74) is 4.00. The maximum atomic E-state index is 12.4. The number of benzene rings is 2. The highest BCUT2D eigenvalue weighted by atomic mass is 32.2. The first-order valence-corrected chi connectivity index (χ1v) is 11.2. The van der Waals surface area contributed by atoms with E-state index >= 15 is 0 Å². The van der Waals surface area contributed by atoms with Gasteiger partial charge in [0.2, 0.25) is 11.1 Å². The van der Waals surface area contributed by atoms with Crippen LogP contribution in [0.4, 0.5) is 0 Å². The van der Waals surface area contributed by atoms with Gasteiger partial charge in [-0.15, -0.1) is 10.2 Å². The summed E-state index contributed by atoms with van der Waals surface area (Å²) in [6.07, 6.45) is 1.85. The Hall–Kier alpha value is -2.93. The van der Waals surface area contributed by atoms with Crippen LogP contribution in [0, 0.1) is 0 Å². The molecule has 0 unspecified atom stereocenters. The van der Waals surface area contributed by atoms with Crippen LogP contribution in [0.15, 0.2) is 59.8 Å². The summed E-state index contributed by atoms with van der Waals surface area (Å²) in [6, 6.07) is 18.5. The van der Waals surface area contributed by atoms with Crippen molar-refractivity contribution in [2.45, 2.75) is 44.4 Å². The lowest BCUT2D eigenvalue weighted by Crippen LogP contribution is -2.34. The molecule has 0 saturated heterocycles. The van der Waals surface area contributed by atoms with Crippen molar-refractivity contribution in [1.29, 1.82) is 0 Å². The van der Waals surface area contributed by atoms with Crippen LogP contribution >= 0.6 is 11.8 Å². The molecule has 6 nitrogen and oxygen atoms in total. The van der Waals surface area contributed by atoms with Crippen LogP contribution in [0.2, 0.25) is 0 Å². The molecule has 30 heavy (non-hydrogen) atoms. The molecular formula is C23H25N5OS. The number of aromatic nitrogens is 4. The van der Waals surface area contributed by atoms with Crippen molar-refractivity contribution in [3.05, 3.63) is 60.2 Å². The fourth-order valence-electron chi connectivity index (χ4n) is 3.62. The quantitative estimate of drug-likeness (QED) is 0.433. The molecule has 0 aliphatic rings. The lowest BCUT2D eigenvalue weighted by Gasteiger charge is -2.13. The Kier molecular flexibility index (Phi) is 6.28. The van der Waals surface area contributed by atoms with Crippen molar-refractivity contribution in [2.24, 2.45) is 0 Å². The zero-order valence-corrected chi connectivity index (χ0v) is 18.0. The van der Waals surface area contributed by atoms with E-state index < -0.39 is 0 Å². The summed E-state index contributed by atoms with van der Waals surface area (Å²) < 4.78 is 2.13. The molecule has 4 aromatic rings. The highest BCUT2D eigenvalue weighted by Gasteiger charge is 2.15. The van der Waals surface area contributed by atoms with Gasteiger partial charge in [-0.3, -0.25) is 4.79 Å². The Morgan fingerprint density at radius 3 is 2.67 bits per heavy atom. The number of aryl methyl sites for hydroxylation is 2. The number of nitrogens with one attached hydrogen (secondary N) is 1. The normalized spacial score (nSPS) is 12.3. The van der Waals surface area contributed by atoms with Gasteiger partial charge >= 0.3 is 0 Å². The molecule has 2 aromatic heterocycles. The molecule has 0 saturated carbocycles. The third kappa shape index (κ3) is 4.46. The van der Waals surface area contributed by atoms with Crippen LogP contribution < -0.4 is 5.32 Å². The minimum absolute atomic E-state index is 0.0136. The van der Waals surface area contributed by atoms with E-state index in [1.54, 1.807) is 0 Å². The minimum Gasteiger partial charge on any atom is -0.353 e. The number of carbonyl (C=O) groups excluding carboxylic acids is 1. The lowest BCUT2D eigenvalue weighted by molar-refractivity contribution is -0.119. The molecule has 1 atom stereocenters. The Bertz CT molecular complexity index is 1160. The van der Waals surface area contributed by atoms with E-state index in [2.05, 4.69) is 50.2 Å². The summed E-state index contributed by atoms with van der Waals surface area (Å²) in [5.74, 6) is 0.259. The van der Waals surface area contributed by atoms with Gasteiger partial charge in [-0.05, 0) is 38.3 Å². The summed E-state index contributed by atoms with van der Waals surface area (Å²) in [7, 11) is 0. The van der Waals surface area contributed by atoms with E-state index in [-0.39, 0.29) is 17.7 Å². The topological polar surface area (TPSA) is 72.7 Å². The Balaban J connectivity index is 1.37. The molecule has 1 amide bonds. The fourth-order valence-corrected chi connectivity index (χ4v) is 4.21. The number of thioether (sulfide) groups is 1. The Morgan fingerprint density at radius 1 is 1.10 bits per heavy atom. The molecule has 2 aromatic carbocycles. The fraction of sp³-hybridized carbons (Fsp3) is 0.304. The largest absolute Gasteiger partial charge is 0.353 e. The first-order valence-electron chi connectivity index (χ1n) is 10.2. The molecule has 154 valence electrons. The van der Waals surface area contributed by atoms with E-state index in [0.29, 0.717) is 5.16 Å². The second-order valence-corrected chi connectivity index (χ2v) is 8.25. The van der Waals surface area contributed by atoms with Gasteiger partial charge in [-0.25, -0.2) is 4.98 Å². The Morgan fingerprint density at radius 2 is 1.87 bits per heavy atom. The van der Waals surface area contributed by atoms with Gasteiger partial charge in [0.25, 0.3) is 0 Å². The predicted molar refractivity (Wildman–Crippen MR) is 122 cm³/mol. The van der Waals surface area contributed by atoms with E-state index in [1.165, 1.54) is 17.3 Å². The average Bonchev–Trinajstić information content (AvgIpc) is 3.10. The molecule has 4 rings (SSSR count). The minimum atomic E-state index is -0.0136. The molecule has 0 fully saturated rings. The lowest BCUT2D eigenvalue weighted by atomic mass is 10.1. The van der Waals surface area contributed by atoms with Crippen molar-refractivity contribution in [1.82, 2.24) is 25.1 Å². The van der Waals surface area contributed by atoms with Crippen LogP contribution in [0.5, 0.6) is 0 Å². The molecule has 0 bridgehead atoms. The molecule has 2 heterocycles. The molecule has 0 aliphatic heterocycles. The summed E-state index contributed by atoms with van der Waals surface area (Å²) in [4.78, 5) is 17.0. The number of hydrogen-bond acceptors (Lipinski definition) is 5. The van der Waals surface area contributed by atoms with Crippen molar-refractivity contribution < 1.29 is 4.79 Å². The van der Waals surface area contributed by atoms with Gasteiger partial charge in [0.1, 0.15) is 5.52 Å². The van der Waals surface area contributed by atoms with Crippen molar-refractivity contribution in [3.63, 3.8) is 0 Å². The smallest absolute Gasteiger partial charge is 0.230 e. The molecule has 7 heteroatoms. The number of nitrogens with zero attached hydrogens (tertiary/aromatic N) is 4. The molecule has 0 spiro atoms. The SMILES string of the molecule is CCn1c2ccccc2c2nnc(SCC(=O)N[C@@H](C)CCc3ccccc3)nc21. The third-order valence-electron chi connectivity index (χ3n) is 5.12. The summed E-state index contributed by atoms with van der Waals surface area (Å²) in [5, 5.41) is 13.3. The summed E-state index contributed by atoms with van der Waals surface area (Å²) >= 11 is 1.32. The molecule has 0 radical (unpaired) electrons. The third-order valence-corrected chi connectivity index (χ3v) is 5.96. The number of rotatable bonds is 8. The van der Waals surface area contributed by atoms with Crippen molar-refractivity contribution in [3.8, 4) is 0 Å². The molecule has 1 N–H and O–H groups in total. The van der Waals surface area contributed by atoms with Crippen LogP contribution in [0.25, 0.3) is 22.1 Å². The maximum Gasteiger partial charge on any atom is 0.230 e. The van der Waals surface area contributed by atoms with Crippen LogP contribution in [-0.4, -0.2) is 37.5 Å². The van der Waals surface area contributed by atoms with E-state index in [1.807, 2.05) is 43.3 Å². The van der Waals surface area contributed by atoms with Gasteiger partial charge < -0.3 is 9.88 Å². The number of hydrogen-bond donors (Lipinski definition) is 1. The van der Waals surface area contributed by atoms with Gasteiger partial charge in [-0.1, -0.05) is 60.3 Å². The standard InChI is InChI=1S/C23H25N5OS/c1-3-28-19-12-8-7-11-18(19)21-22(28)25-23(27-26-21)30-15-20(29)24-16(2)13-14-17-9-5-4-6-10-17/h4-12,16H,3,13-15H2,1-2H3,(H,24,29)/t16-/m0/s1. The molecular weight excluding hydrogens is 394 g/mol. The van der Waals surface area contributed by atoms with Crippen molar-refractivity contribution in [2.75, 3.05) is 5.75 Å². The number of amides is 1. The highest BCUT2D eigenvalue weighted by molar-refractivity contribution is 7.99. The number of fused-ring (bicyclic) bond motifs is 3. The van der Waals surface area contributed by atoms with Crippen LogP contribution in [-0.2, 0) is 17.8 Å². The van der Waals surface area contributed by atoms with Gasteiger partial charge in [0.05, 0.1) is 11.3 Å². The van der Waals surface area contributed by atoms with Gasteiger partial charge in [0, 0.05) is 18.0 Å². The average molecular weight is 420 g/mol. The number of carbonyl (C=O) groups is 1. The number of para-hydroxylation sites is 1. The van der Waals surface area contributed by atoms with Gasteiger partial charge in [-0.2, -0.15) is 0 Å². The van der Waals surface area contributed by atoms with Crippen LogP contribution in [0.3, 0.4) is 0 Å². The van der Waals surface area contributed by atoms with E-state index in [0.717, 1.165) is 41.5 Å². The Labute approximate surface area is 180 Å². The first kappa shape index (κ1) is 20.3. The maximum absolute atomic E-state index is 12.4. The second-order valence-electron chi connectivity index (χ2n) is 7.31. The van der Waals surface area contributed by atoms with Crippen LogP contribution in [0.1, 0.15) is 25.8 Å².